The molecule has 0 saturated carbocycles. The molecule has 2 aliphatic rings. The van der Waals surface area contributed by atoms with E-state index in [4.69, 9.17) is 20.3 Å². The van der Waals surface area contributed by atoms with Gasteiger partial charge in [-0.25, -0.2) is 0 Å². The van der Waals surface area contributed by atoms with Gasteiger partial charge in [-0.3, -0.25) is 10.5 Å². The van der Waals surface area contributed by atoms with Gasteiger partial charge in [0.25, 0.3) is 0 Å². The molecule has 1 unspecified atom stereocenters. The average molecular weight is 211 g/mol. The zero-order valence-electron chi connectivity index (χ0n) is 8.40. The van der Waals surface area contributed by atoms with Crippen LogP contribution in [0, 0.1) is 5.92 Å². The fraction of sp³-hybridized carbons (Fsp3) is 0.500. The maximum atomic E-state index is 10.8. The van der Waals surface area contributed by atoms with Crippen molar-refractivity contribution in [3.8, 4) is 0 Å². The molecule has 0 spiro atoms. The van der Waals surface area contributed by atoms with Gasteiger partial charge in [-0.1, -0.05) is 11.6 Å². The van der Waals surface area contributed by atoms with Gasteiger partial charge >= 0.3 is 5.97 Å². The molecule has 0 bridgehead atoms. The lowest BCUT2D eigenvalue weighted by molar-refractivity contribution is -0.140. The molecule has 3 N–H and O–H groups in total. The van der Waals surface area contributed by atoms with Crippen molar-refractivity contribution in [2.24, 2.45) is 11.7 Å². The minimum Gasteiger partial charge on any atom is -0.481 e. The first kappa shape index (κ1) is 10.2. The van der Waals surface area contributed by atoms with E-state index < -0.39 is 17.6 Å². The van der Waals surface area contributed by atoms with Gasteiger partial charge in [0, 0.05) is 6.42 Å². The SMILES string of the molecule is C[C@H](C(=O)O)C1=CC=C2OCOC2(N)C1. The lowest BCUT2D eigenvalue weighted by atomic mass is 9.88. The Bertz CT molecular complexity index is 360. The molecule has 1 aliphatic carbocycles. The molecule has 2 rings (SSSR count). The summed E-state index contributed by atoms with van der Waals surface area (Å²) in [5.74, 6) is -0.836. The fourth-order valence-corrected chi connectivity index (χ4v) is 1.72. The van der Waals surface area contributed by atoms with Crippen molar-refractivity contribution in [3.63, 3.8) is 0 Å². The highest BCUT2D eigenvalue weighted by molar-refractivity contribution is 5.73. The zero-order chi connectivity index (χ0) is 11.1. The lowest BCUT2D eigenvalue weighted by Crippen LogP contribution is -2.43. The average Bonchev–Trinajstić information content (AvgIpc) is 2.56. The van der Waals surface area contributed by atoms with Crippen molar-refractivity contribution in [2.45, 2.75) is 19.1 Å². The molecule has 15 heavy (non-hydrogen) atoms. The molecule has 2 atom stereocenters. The first-order chi connectivity index (χ1) is 7.03. The van der Waals surface area contributed by atoms with Gasteiger partial charge in [0.15, 0.2) is 12.5 Å². The van der Waals surface area contributed by atoms with E-state index in [1.54, 1.807) is 19.1 Å². The van der Waals surface area contributed by atoms with Crippen LogP contribution in [0.25, 0.3) is 0 Å². The summed E-state index contributed by atoms with van der Waals surface area (Å²) in [5, 5.41) is 8.88. The second-order valence-corrected chi connectivity index (χ2v) is 3.81. The van der Waals surface area contributed by atoms with Gasteiger partial charge in [-0.15, -0.1) is 0 Å². The number of allylic oxidation sites excluding steroid dienone is 2. The third-order valence-corrected chi connectivity index (χ3v) is 2.79. The number of carboxylic acids is 1. The van der Waals surface area contributed by atoms with Crippen molar-refractivity contribution in [3.05, 3.63) is 23.5 Å². The van der Waals surface area contributed by atoms with Crippen LogP contribution in [0.1, 0.15) is 13.3 Å². The monoisotopic (exact) mass is 211 g/mol. The molecule has 0 aromatic heterocycles. The third-order valence-electron chi connectivity index (χ3n) is 2.79. The minimum atomic E-state index is -0.964. The largest absolute Gasteiger partial charge is 0.481 e. The summed E-state index contributed by atoms with van der Waals surface area (Å²) in [4.78, 5) is 10.8. The van der Waals surface area contributed by atoms with E-state index in [-0.39, 0.29) is 6.79 Å². The van der Waals surface area contributed by atoms with Gasteiger partial charge in [0.1, 0.15) is 5.76 Å². The van der Waals surface area contributed by atoms with Crippen molar-refractivity contribution >= 4 is 5.97 Å². The highest BCUT2D eigenvalue weighted by Gasteiger charge is 2.41. The Morgan fingerprint density at radius 2 is 2.40 bits per heavy atom. The number of hydrogen-bond donors (Lipinski definition) is 2. The van der Waals surface area contributed by atoms with Crippen LogP contribution < -0.4 is 5.73 Å². The number of ether oxygens (including phenoxy) is 2. The Hall–Kier alpha value is -1.33. The predicted molar refractivity (Wildman–Crippen MR) is 51.5 cm³/mol. The van der Waals surface area contributed by atoms with Crippen molar-refractivity contribution in [1.82, 2.24) is 0 Å². The molecule has 1 heterocycles. The van der Waals surface area contributed by atoms with E-state index in [9.17, 15) is 4.79 Å². The molecule has 1 aliphatic heterocycles. The van der Waals surface area contributed by atoms with Crippen LogP contribution in [0.2, 0.25) is 0 Å². The summed E-state index contributed by atoms with van der Waals surface area (Å²) in [6.45, 7) is 1.76. The molecule has 5 heteroatoms. The summed E-state index contributed by atoms with van der Waals surface area (Å²) in [6.07, 6.45) is 3.80. The Kier molecular flexibility index (Phi) is 2.28. The van der Waals surface area contributed by atoms with E-state index >= 15 is 0 Å². The Labute approximate surface area is 87.2 Å². The number of carbonyl (C=O) groups is 1. The fourth-order valence-electron chi connectivity index (χ4n) is 1.72. The van der Waals surface area contributed by atoms with E-state index in [2.05, 4.69) is 0 Å². The molecular formula is C10H13NO4. The normalized spacial score (nSPS) is 31.1. The number of nitrogens with two attached hydrogens (primary N) is 1. The first-order valence-corrected chi connectivity index (χ1v) is 4.72. The number of carboxylic acid groups (broad SMARTS) is 1. The highest BCUT2D eigenvalue weighted by atomic mass is 16.7. The van der Waals surface area contributed by atoms with Crippen molar-refractivity contribution in [2.75, 3.05) is 6.79 Å². The van der Waals surface area contributed by atoms with Gasteiger partial charge in [0.2, 0.25) is 0 Å². The van der Waals surface area contributed by atoms with E-state index in [1.807, 2.05) is 0 Å². The maximum absolute atomic E-state index is 10.8. The standard InChI is InChI=1S/C10H13NO4/c1-6(9(12)13)7-2-3-8-10(11,4-7)15-5-14-8/h2-3,6H,4-5,11H2,1H3,(H,12,13)/t6-,10?/m0/s1. The summed E-state index contributed by atoms with van der Waals surface area (Å²) in [5.41, 5.74) is 5.73. The minimum absolute atomic E-state index is 0.130. The third kappa shape index (κ3) is 1.64. The highest BCUT2D eigenvalue weighted by Crippen LogP contribution is 2.36. The molecule has 5 nitrogen and oxygen atoms in total. The van der Waals surface area contributed by atoms with Gasteiger partial charge in [-0.05, 0) is 13.0 Å². The molecular weight excluding hydrogens is 198 g/mol. The predicted octanol–water partition coefficient (Wildman–Crippen LogP) is 0.580. The topological polar surface area (TPSA) is 81.8 Å². The summed E-state index contributed by atoms with van der Waals surface area (Å²) in [7, 11) is 0. The molecule has 82 valence electrons. The lowest BCUT2D eigenvalue weighted by Gasteiger charge is -2.27. The quantitative estimate of drug-likeness (QED) is 0.698. The summed E-state index contributed by atoms with van der Waals surface area (Å²) in [6, 6.07) is 0. The van der Waals surface area contributed by atoms with Crippen LogP contribution in [-0.4, -0.2) is 23.6 Å². The Morgan fingerprint density at radius 1 is 1.67 bits per heavy atom. The van der Waals surface area contributed by atoms with Crippen LogP contribution in [0.15, 0.2) is 23.5 Å². The second kappa shape index (κ2) is 3.36. The van der Waals surface area contributed by atoms with Gasteiger partial charge in [-0.2, -0.15) is 0 Å². The number of aliphatic carboxylic acids is 1. The summed E-state index contributed by atoms with van der Waals surface area (Å²) < 4.78 is 10.4. The molecule has 0 radical (unpaired) electrons. The maximum Gasteiger partial charge on any atom is 0.310 e. The number of rotatable bonds is 2. The van der Waals surface area contributed by atoms with Crippen LogP contribution >= 0.6 is 0 Å². The van der Waals surface area contributed by atoms with Crippen molar-refractivity contribution < 1.29 is 19.4 Å². The van der Waals surface area contributed by atoms with Gasteiger partial charge in [0.05, 0.1) is 5.92 Å². The van der Waals surface area contributed by atoms with Crippen molar-refractivity contribution in [1.29, 1.82) is 0 Å². The van der Waals surface area contributed by atoms with E-state index in [1.165, 1.54) is 0 Å². The van der Waals surface area contributed by atoms with E-state index in [0.717, 1.165) is 5.57 Å². The smallest absolute Gasteiger partial charge is 0.310 e. The number of fused-ring (bicyclic) bond motifs is 1. The van der Waals surface area contributed by atoms with E-state index in [0.29, 0.717) is 12.2 Å². The van der Waals surface area contributed by atoms with Crippen LogP contribution in [0.3, 0.4) is 0 Å². The van der Waals surface area contributed by atoms with Gasteiger partial charge < -0.3 is 14.6 Å². The zero-order valence-corrected chi connectivity index (χ0v) is 8.40. The van der Waals surface area contributed by atoms with Crippen LogP contribution in [-0.2, 0) is 14.3 Å². The molecule has 0 amide bonds. The molecule has 1 saturated heterocycles. The Balaban J connectivity index is 2.23. The molecule has 0 aromatic rings. The van der Waals surface area contributed by atoms with Crippen LogP contribution in [0.4, 0.5) is 0 Å². The number of hydrogen-bond acceptors (Lipinski definition) is 4. The Morgan fingerprint density at radius 3 is 3.07 bits per heavy atom. The van der Waals surface area contributed by atoms with Crippen LogP contribution in [0.5, 0.6) is 0 Å². The summed E-state index contributed by atoms with van der Waals surface area (Å²) >= 11 is 0. The molecule has 1 fully saturated rings. The second-order valence-electron chi connectivity index (χ2n) is 3.81. The first-order valence-electron chi connectivity index (χ1n) is 4.72. The molecule has 0 aromatic carbocycles.